The largest absolute Gasteiger partial charge is 0.366 e. The number of nitrogens with one attached hydrogen (secondary N) is 1. The molecule has 0 spiro atoms. The fraction of sp³-hybridized carbons (Fsp3) is 0.364. The Labute approximate surface area is 89.0 Å². The van der Waals surface area contributed by atoms with Crippen molar-refractivity contribution in [2.45, 2.75) is 19.9 Å². The molecule has 0 amide bonds. The quantitative estimate of drug-likeness (QED) is 0.753. The van der Waals surface area contributed by atoms with Crippen molar-refractivity contribution in [3.05, 3.63) is 34.3 Å². The Hall–Kier alpha value is -1.02. The number of aryl methyl sites for hydroxylation is 1. The van der Waals surface area contributed by atoms with Crippen LogP contribution in [0.1, 0.15) is 18.1 Å². The van der Waals surface area contributed by atoms with Gasteiger partial charge in [0.2, 0.25) is 0 Å². The zero-order valence-corrected chi connectivity index (χ0v) is 9.10. The minimum absolute atomic E-state index is 0.435. The lowest BCUT2D eigenvalue weighted by atomic mass is 10.1. The molecule has 0 saturated heterocycles. The molecule has 14 heavy (non-hydrogen) atoms. The van der Waals surface area contributed by atoms with Crippen LogP contribution in [0.2, 0.25) is 5.02 Å². The molecule has 1 heterocycles. The van der Waals surface area contributed by atoms with Crippen LogP contribution in [0, 0.1) is 6.92 Å². The van der Waals surface area contributed by atoms with E-state index in [-0.39, 0.29) is 0 Å². The molecule has 1 aliphatic heterocycles. The summed E-state index contributed by atoms with van der Waals surface area (Å²) < 4.78 is 0. The lowest BCUT2D eigenvalue weighted by molar-refractivity contribution is 0.726. The molecule has 0 aromatic heterocycles. The van der Waals surface area contributed by atoms with E-state index in [0.717, 1.165) is 28.5 Å². The highest BCUT2D eigenvalue weighted by molar-refractivity contribution is 6.31. The fourth-order valence-electron chi connectivity index (χ4n) is 1.47. The highest BCUT2D eigenvalue weighted by atomic mass is 35.5. The molecule has 0 aliphatic carbocycles. The average molecular weight is 209 g/mol. The summed E-state index contributed by atoms with van der Waals surface area (Å²) in [6.07, 6.45) is 0. The summed E-state index contributed by atoms with van der Waals surface area (Å²) >= 11 is 6.05. The molecule has 1 unspecified atom stereocenters. The zero-order valence-electron chi connectivity index (χ0n) is 8.34. The maximum Gasteiger partial charge on any atom is 0.128 e. The molecule has 1 N–H and O–H groups in total. The number of amidine groups is 1. The maximum absolute atomic E-state index is 6.05. The van der Waals surface area contributed by atoms with Crippen LogP contribution in [0.3, 0.4) is 0 Å². The van der Waals surface area contributed by atoms with Gasteiger partial charge in [0.1, 0.15) is 5.84 Å². The highest BCUT2D eigenvalue weighted by Gasteiger charge is 2.14. The number of nitrogens with zero attached hydrogens (tertiary/aromatic N) is 1. The van der Waals surface area contributed by atoms with E-state index in [1.165, 1.54) is 0 Å². The van der Waals surface area contributed by atoms with E-state index in [9.17, 15) is 0 Å². The van der Waals surface area contributed by atoms with Crippen molar-refractivity contribution in [3.8, 4) is 0 Å². The van der Waals surface area contributed by atoms with Crippen molar-refractivity contribution >= 4 is 17.4 Å². The number of hydrogen-bond acceptors (Lipinski definition) is 2. The number of benzene rings is 1. The van der Waals surface area contributed by atoms with Gasteiger partial charge in [-0.05, 0) is 25.5 Å². The van der Waals surface area contributed by atoms with Gasteiger partial charge in [0.25, 0.3) is 0 Å². The number of halogens is 1. The predicted octanol–water partition coefficient (Wildman–Crippen LogP) is 2.39. The lowest BCUT2D eigenvalue weighted by Crippen LogP contribution is -2.27. The van der Waals surface area contributed by atoms with Gasteiger partial charge in [-0.3, -0.25) is 4.99 Å². The number of hydrogen-bond donors (Lipinski definition) is 1. The first-order chi connectivity index (χ1) is 6.66. The van der Waals surface area contributed by atoms with Gasteiger partial charge in [-0.15, -0.1) is 0 Å². The van der Waals surface area contributed by atoms with E-state index in [1.54, 1.807) is 0 Å². The van der Waals surface area contributed by atoms with Crippen LogP contribution in [-0.4, -0.2) is 18.4 Å². The van der Waals surface area contributed by atoms with Gasteiger partial charge < -0.3 is 5.32 Å². The summed E-state index contributed by atoms with van der Waals surface area (Å²) in [5.41, 5.74) is 2.17. The molecule has 0 bridgehead atoms. The molecule has 1 atom stereocenters. The third-order valence-electron chi connectivity index (χ3n) is 2.35. The van der Waals surface area contributed by atoms with Crippen molar-refractivity contribution in [1.29, 1.82) is 0 Å². The van der Waals surface area contributed by atoms with Crippen molar-refractivity contribution in [2.75, 3.05) is 6.54 Å². The van der Waals surface area contributed by atoms with Crippen LogP contribution in [0.15, 0.2) is 23.2 Å². The summed E-state index contributed by atoms with van der Waals surface area (Å²) in [5, 5.41) is 4.11. The second kappa shape index (κ2) is 3.62. The minimum atomic E-state index is 0.435. The third-order valence-corrected chi connectivity index (χ3v) is 2.76. The Kier molecular flexibility index (Phi) is 2.46. The third kappa shape index (κ3) is 1.75. The average Bonchev–Trinajstić information content (AvgIpc) is 2.57. The van der Waals surface area contributed by atoms with Gasteiger partial charge in [-0.2, -0.15) is 0 Å². The standard InChI is InChI=1S/C11H13ClN2/c1-7-3-4-9(5-10(7)12)11-13-6-8(2)14-11/h3-5,8H,6H2,1-2H3,(H,13,14). The maximum atomic E-state index is 6.05. The van der Waals surface area contributed by atoms with Crippen LogP contribution < -0.4 is 5.32 Å². The van der Waals surface area contributed by atoms with Gasteiger partial charge in [0.05, 0.1) is 6.54 Å². The molecule has 3 heteroatoms. The van der Waals surface area contributed by atoms with E-state index in [4.69, 9.17) is 11.6 Å². The van der Waals surface area contributed by atoms with Crippen molar-refractivity contribution in [2.24, 2.45) is 4.99 Å². The Balaban J connectivity index is 2.30. The first kappa shape index (κ1) is 9.53. The van der Waals surface area contributed by atoms with Crippen LogP contribution in [-0.2, 0) is 0 Å². The van der Waals surface area contributed by atoms with E-state index >= 15 is 0 Å². The van der Waals surface area contributed by atoms with E-state index in [1.807, 2.05) is 25.1 Å². The van der Waals surface area contributed by atoms with Crippen LogP contribution in [0.5, 0.6) is 0 Å². The fourth-order valence-corrected chi connectivity index (χ4v) is 1.65. The predicted molar refractivity (Wildman–Crippen MR) is 60.2 cm³/mol. The second-order valence-electron chi connectivity index (χ2n) is 3.70. The summed E-state index contributed by atoms with van der Waals surface area (Å²) in [4.78, 5) is 4.40. The normalized spacial score (nSPS) is 20.5. The van der Waals surface area contributed by atoms with Gasteiger partial charge in [-0.25, -0.2) is 0 Å². The molecular formula is C11H13ClN2. The Morgan fingerprint density at radius 3 is 2.86 bits per heavy atom. The second-order valence-corrected chi connectivity index (χ2v) is 4.11. The molecule has 1 aliphatic rings. The molecule has 1 aromatic carbocycles. The van der Waals surface area contributed by atoms with Gasteiger partial charge >= 0.3 is 0 Å². The Bertz CT molecular complexity index is 385. The van der Waals surface area contributed by atoms with Gasteiger partial charge in [0, 0.05) is 16.6 Å². The van der Waals surface area contributed by atoms with Gasteiger partial charge in [0.15, 0.2) is 0 Å². The smallest absolute Gasteiger partial charge is 0.128 e. The molecule has 0 fully saturated rings. The topological polar surface area (TPSA) is 24.4 Å². The molecular weight excluding hydrogens is 196 g/mol. The Morgan fingerprint density at radius 1 is 1.50 bits per heavy atom. The number of rotatable bonds is 1. The molecule has 0 radical (unpaired) electrons. The molecule has 2 rings (SSSR count). The van der Waals surface area contributed by atoms with E-state index in [0.29, 0.717) is 6.04 Å². The van der Waals surface area contributed by atoms with E-state index < -0.39 is 0 Å². The van der Waals surface area contributed by atoms with Gasteiger partial charge in [-0.1, -0.05) is 23.7 Å². The van der Waals surface area contributed by atoms with Crippen molar-refractivity contribution in [1.82, 2.24) is 5.32 Å². The monoisotopic (exact) mass is 208 g/mol. The van der Waals surface area contributed by atoms with Crippen LogP contribution in [0.25, 0.3) is 0 Å². The molecule has 0 saturated carbocycles. The van der Waals surface area contributed by atoms with Crippen LogP contribution >= 0.6 is 11.6 Å². The molecule has 1 aromatic rings. The number of aliphatic imine (C=N–C) groups is 1. The first-order valence-corrected chi connectivity index (χ1v) is 5.12. The lowest BCUT2D eigenvalue weighted by Gasteiger charge is -2.07. The summed E-state index contributed by atoms with van der Waals surface area (Å²) in [6, 6.07) is 6.46. The Morgan fingerprint density at radius 2 is 2.29 bits per heavy atom. The first-order valence-electron chi connectivity index (χ1n) is 4.74. The van der Waals surface area contributed by atoms with Crippen LogP contribution in [0.4, 0.5) is 0 Å². The molecule has 74 valence electrons. The summed E-state index contributed by atoms with van der Waals surface area (Å²) in [7, 11) is 0. The zero-order chi connectivity index (χ0) is 10.1. The summed E-state index contributed by atoms with van der Waals surface area (Å²) in [6.45, 7) is 4.96. The van der Waals surface area contributed by atoms with E-state index in [2.05, 4.69) is 17.2 Å². The minimum Gasteiger partial charge on any atom is -0.366 e. The van der Waals surface area contributed by atoms with Crippen molar-refractivity contribution in [3.63, 3.8) is 0 Å². The highest BCUT2D eigenvalue weighted by Crippen LogP contribution is 2.17. The van der Waals surface area contributed by atoms with Crippen molar-refractivity contribution < 1.29 is 0 Å². The summed E-state index contributed by atoms with van der Waals surface area (Å²) in [5.74, 6) is 0.958. The molecule has 2 nitrogen and oxygen atoms in total. The SMILES string of the molecule is Cc1ccc(C2=NCC(C)N2)cc1Cl.